The van der Waals surface area contributed by atoms with E-state index in [9.17, 15) is 29.1 Å². The predicted molar refractivity (Wildman–Crippen MR) is 123 cm³/mol. The topological polar surface area (TPSA) is 214 Å². The SMILES string of the molecule is CSCCC(NC(=O)C1CCCN1C(=O)C(Cc1cnc[nH]1)NC(=O)C(N)CC(N)=O)C(=O)O. The number of carbonyl (C=O) groups is 5. The van der Waals surface area contributed by atoms with Gasteiger partial charge in [0.1, 0.15) is 18.1 Å². The molecule has 2 rings (SSSR count). The average molecular weight is 498 g/mol. The van der Waals surface area contributed by atoms with Crippen LogP contribution < -0.4 is 22.1 Å². The molecule has 0 spiro atoms. The number of aliphatic carboxylic acids is 1. The molecule has 0 saturated carbocycles. The van der Waals surface area contributed by atoms with E-state index in [0.717, 1.165) is 0 Å². The monoisotopic (exact) mass is 497 g/mol. The van der Waals surface area contributed by atoms with Crippen LogP contribution in [0.15, 0.2) is 12.5 Å². The third kappa shape index (κ3) is 7.73. The van der Waals surface area contributed by atoms with Gasteiger partial charge in [0.05, 0.1) is 18.8 Å². The zero-order valence-electron chi connectivity index (χ0n) is 18.9. The smallest absolute Gasteiger partial charge is 0.326 e. The quantitative estimate of drug-likeness (QED) is 0.177. The second-order valence-electron chi connectivity index (χ2n) is 7.99. The Morgan fingerprint density at radius 2 is 2.03 bits per heavy atom. The number of hydrogen-bond acceptors (Lipinski definition) is 8. The van der Waals surface area contributed by atoms with Gasteiger partial charge >= 0.3 is 5.97 Å². The normalized spacial score (nSPS) is 18.1. The van der Waals surface area contributed by atoms with Crippen molar-refractivity contribution in [3.63, 3.8) is 0 Å². The average Bonchev–Trinajstić information content (AvgIpc) is 3.46. The molecule has 1 aliphatic heterocycles. The Morgan fingerprint density at radius 3 is 2.62 bits per heavy atom. The maximum Gasteiger partial charge on any atom is 0.326 e. The van der Waals surface area contributed by atoms with Gasteiger partial charge in [0, 0.05) is 24.9 Å². The maximum atomic E-state index is 13.4. The van der Waals surface area contributed by atoms with Crippen molar-refractivity contribution < 1.29 is 29.1 Å². The first-order chi connectivity index (χ1) is 16.1. The first-order valence-electron chi connectivity index (χ1n) is 10.8. The molecule has 4 unspecified atom stereocenters. The van der Waals surface area contributed by atoms with Gasteiger partial charge in [-0.25, -0.2) is 9.78 Å². The third-order valence-corrected chi connectivity index (χ3v) is 6.06. The van der Waals surface area contributed by atoms with Crippen molar-refractivity contribution in [1.82, 2.24) is 25.5 Å². The van der Waals surface area contributed by atoms with Crippen LogP contribution in [-0.2, 0) is 30.4 Å². The number of carbonyl (C=O) groups excluding carboxylic acids is 4. The summed E-state index contributed by atoms with van der Waals surface area (Å²) in [5, 5.41) is 14.5. The number of H-pyrrole nitrogens is 1. The third-order valence-electron chi connectivity index (χ3n) is 5.42. The first kappa shape index (κ1) is 27.1. The molecule has 4 amide bonds. The van der Waals surface area contributed by atoms with Gasteiger partial charge < -0.3 is 37.1 Å². The summed E-state index contributed by atoms with van der Waals surface area (Å²) in [5.74, 6) is -3.18. The summed E-state index contributed by atoms with van der Waals surface area (Å²) >= 11 is 1.46. The molecular weight excluding hydrogens is 466 g/mol. The number of amides is 4. The van der Waals surface area contributed by atoms with Gasteiger partial charge in [0.25, 0.3) is 0 Å². The zero-order valence-corrected chi connectivity index (χ0v) is 19.7. The van der Waals surface area contributed by atoms with E-state index in [1.54, 1.807) is 0 Å². The fourth-order valence-electron chi connectivity index (χ4n) is 3.67. The summed E-state index contributed by atoms with van der Waals surface area (Å²) in [6.07, 6.45) is 5.55. The molecule has 0 radical (unpaired) electrons. The summed E-state index contributed by atoms with van der Waals surface area (Å²) in [5.41, 5.74) is 11.4. The second kappa shape index (κ2) is 12.9. The molecule has 0 aliphatic carbocycles. The van der Waals surface area contributed by atoms with E-state index >= 15 is 0 Å². The number of thioether (sulfide) groups is 1. The number of imidazole rings is 1. The van der Waals surface area contributed by atoms with Crippen LogP contribution in [0.5, 0.6) is 0 Å². The molecule has 14 heteroatoms. The Balaban J connectivity index is 2.16. The Morgan fingerprint density at radius 1 is 1.29 bits per heavy atom. The maximum absolute atomic E-state index is 13.4. The van der Waals surface area contributed by atoms with E-state index in [2.05, 4.69) is 20.6 Å². The van der Waals surface area contributed by atoms with Gasteiger partial charge in [-0.3, -0.25) is 19.2 Å². The minimum absolute atomic E-state index is 0.0458. The van der Waals surface area contributed by atoms with Gasteiger partial charge in [-0.15, -0.1) is 0 Å². The lowest BCUT2D eigenvalue weighted by Crippen LogP contribution is -2.57. The van der Waals surface area contributed by atoms with E-state index in [-0.39, 0.29) is 19.4 Å². The fraction of sp³-hybridized carbons (Fsp3) is 0.600. The number of carboxylic acid groups (broad SMARTS) is 1. The van der Waals surface area contributed by atoms with Crippen LogP contribution in [0.2, 0.25) is 0 Å². The molecule has 1 aromatic heterocycles. The van der Waals surface area contributed by atoms with Gasteiger partial charge in [-0.2, -0.15) is 11.8 Å². The largest absolute Gasteiger partial charge is 0.480 e. The number of nitrogens with two attached hydrogens (primary N) is 2. The summed E-state index contributed by atoms with van der Waals surface area (Å²) in [7, 11) is 0. The zero-order chi connectivity index (χ0) is 25.3. The molecule has 188 valence electrons. The number of aromatic nitrogens is 2. The standard InChI is InChI=1S/C20H31N7O6S/c1-34-6-4-13(20(32)33)25-18(30)15-3-2-5-27(15)19(31)14(7-11-9-23-10-24-11)26-17(29)12(21)8-16(22)28/h9-10,12-15H,2-8,21H2,1H3,(H2,22,28)(H,23,24)(H,25,30)(H,26,29)(H,32,33). The molecule has 2 heterocycles. The van der Waals surface area contributed by atoms with Crippen LogP contribution in [-0.4, -0.2) is 92.3 Å². The van der Waals surface area contributed by atoms with Crippen LogP contribution in [0, 0.1) is 0 Å². The second-order valence-corrected chi connectivity index (χ2v) is 8.98. The van der Waals surface area contributed by atoms with Crippen molar-refractivity contribution >= 4 is 41.4 Å². The van der Waals surface area contributed by atoms with Crippen LogP contribution in [0.25, 0.3) is 0 Å². The van der Waals surface area contributed by atoms with Gasteiger partial charge in [-0.05, 0) is 31.3 Å². The van der Waals surface area contributed by atoms with Crippen molar-refractivity contribution in [2.75, 3.05) is 18.6 Å². The van der Waals surface area contributed by atoms with Crippen LogP contribution in [0.4, 0.5) is 0 Å². The van der Waals surface area contributed by atoms with Crippen molar-refractivity contribution in [3.8, 4) is 0 Å². The minimum Gasteiger partial charge on any atom is -0.480 e. The van der Waals surface area contributed by atoms with Gasteiger partial charge in [0.2, 0.25) is 23.6 Å². The van der Waals surface area contributed by atoms with Gasteiger partial charge in [0.15, 0.2) is 0 Å². The van der Waals surface area contributed by atoms with Crippen molar-refractivity contribution in [2.24, 2.45) is 11.5 Å². The number of rotatable bonds is 13. The van der Waals surface area contributed by atoms with E-state index in [0.29, 0.717) is 24.3 Å². The number of likely N-dealkylation sites (tertiary alicyclic amines) is 1. The van der Waals surface area contributed by atoms with Crippen molar-refractivity contribution in [2.45, 2.75) is 56.3 Å². The van der Waals surface area contributed by atoms with Crippen LogP contribution >= 0.6 is 11.8 Å². The Hall–Kier alpha value is -3.13. The highest BCUT2D eigenvalue weighted by molar-refractivity contribution is 7.98. The molecule has 1 aliphatic rings. The lowest BCUT2D eigenvalue weighted by Gasteiger charge is -2.29. The minimum atomic E-state index is -1.24. The number of aromatic amines is 1. The van der Waals surface area contributed by atoms with Crippen molar-refractivity contribution in [1.29, 1.82) is 0 Å². The van der Waals surface area contributed by atoms with Crippen molar-refractivity contribution in [3.05, 3.63) is 18.2 Å². The molecule has 13 nitrogen and oxygen atoms in total. The Bertz CT molecular complexity index is 881. The van der Waals surface area contributed by atoms with E-state index in [1.807, 2.05) is 6.26 Å². The Labute approximate surface area is 200 Å². The fourth-order valence-corrected chi connectivity index (χ4v) is 4.14. The molecule has 8 N–H and O–H groups in total. The highest BCUT2D eigenvalue weighted by Gasteiger charge is 2.39. The first-order valence-corrected chi connectivity index (χ1v) is 12.2. The molecule has 0 aromatic carbocycles. The molecule has 0 bridgehead atoms. The molecule has 34 heavy (non-hydrogen) atoms. The lowest BCUT2D eigenvalue weighted by molar-refractivity contribution is -0.145. The molecule has 1 aromatic rings. The van der Waals surface area contributed by atoms with E-state index < -0.39 is 60.2 Å². The lowest BCUT2D eigenvalue weighted by atomic mass is 10.1. The number of carboxylic acids is 1. The van der Waals surface area contributed by atoms with Crippen LogP contribution in [0.3, 0.4) is 0 Å². The number of primary amides is 1. The molecule has 1 fully saturated rings. The van der Waals surface area contributed by atoms with Crippen LogP contribution in [0.1, 0.15) is 31.4 Å². The predicted octanol–water partition coefficient (Wildman–Crippen LogP) is -2.05. The summed E-state index contributed by atoms with van der Waals surface area (Å²) in [6.45, 7) is 0.266. The molecular formula is C20H31N7O6S. The highest BCUT2D eigenvalue weighted by atomic mass is 32.2. The highest BCUT2D eigenvalue weighted by Crippen LogP contribution is 2.20. The number of hydrogen-bond donors (Lipinski definition) is 6. The summed E-state index contributed by atoms with van der Waals surface area (Å²) in [4.78, 5) is 69.5. The summed E-state index contributed by atoms with van der Waals surface area (Å²) < 4.78 is 0. The van der Waals surface area contributed by atoms with E-state index in [4.69, 9.17) is 11.5 Å². The molecule has 4 atom stereocenters. The van der Waals surface area contributed by atoms with E-state index in [1.165, 1.54) is 29.2 Å². The number of nitrogens with zero attached hydrogens (tertiary/aromatic N) is 2. The summed E-state index contributed by atoms with van der Waals surface area (Å²) in [6, 6.07) is -4.26. The molecule has 1 saturated heterocycles. The Kier molecular flexibility index (Phi) is 10.3. The number of nitrogens with one attached hydrogen (secondary N) is 3. The van der Waals surface area contributed by atoms with Gasteiger partial charge in [-0.1, -0.05) is 0 Å².